The minimum atomic E-state index is -3.73. The van der Waals surface area contributed by atoms with E-state index in [4.69, 9.17) is 8.92 Å². The summed E-state index contributed by atoms with van der Waals surface area (Å²) in [4.78, 5) is 26.5. The number of fused-ring (bicyclic) bond motifs is 1. The zero-order valence-corrected chi connectivity index (χ0v) is 17.6. The molecule has 0 radical (unpaired) electrons. The van der Waals surface area contributed by atoms with Crippen LogP contribution in [0.15, 0.2) is 72.4 Å². The number of hydrogen-bond acceptors (Lipinski definition) is 7. The highest BCUT2D eigenvalue weighted by atomic mass is 32.2. The van der Waals surface area contributed by atoms with Crippen LogP contribution in [0.5, 0.6) is 0 Å². The van der Waals surface area contributed by atoms with E-state index in [1.54, 1.807) is 0 Å². The molecule has 2 heterocycles. The topological polar surface area (TPSA) is 90.0 Å². The van der Waals surface area contributed by atoms with Crippen LogP contribution >= 0.6 is 11.8 Å². The molecule has 2 aliphatic rings. The molecule has 0 N–H and O–H groups in total. The van der Waals surface area contributed by atoms with Gasteiger partial charge in [-0.25, -0.2) is 4.79 Å². The lowest BCUT2D eigenvalue weighted by Crippen LogP contribution is -2.54. The molecule has 156 valence electrons. The molecule has 0 bridgehead atoms. The van der Waals surface area contributed by atoms with Gasteiger partial charge in [-0.1, -0.05) is 72.4 Å². The molecule has 0 aliphatic carbocycles. The van der Waals surface area contributed by atoms with Crippen molar-refractivity contribution in [1.29, 1.82) is 0 Å². The van der Waals surface area contributed by atoms with E-state index in [-0.39, 0.29) is 23.4 Å². The number of ether oxygens (including phenoxy) is 1. The van der Waals surface area contributed by atoms with E-state index in [0.717, 1.165) is 29.1 Å². The molecule has 2 aromatic rings. The van der Waals surface area contributed by atoms with Crippen LogP contribution in [0, 0.1) is 0 Å². The normalized spacial score (nSPS) is 20.9. The lowest BCUT2D eigenvalue weighted by Gasteiger charge is -2.44. The van der Waals surface area contributed by atoms with Crippen LogP contribution < -0.4 is 0 Å². The van der Waals surface area contributed by atoms with Gasteiger partial charge in [-0.05, 0) is 17.2 Å². The van der Waals surface area contributed by atoms with Gasteiger partial charge in [-0.3, -0.25) is 13.9 Å². The standard InChI is InChI=1S/C21H19NO6S2/c1-30(25,26)28-19-12-16(22-17(23)13-18(22)29-19)21(24)27-20(14-8-4-2-5-9-14)15-10-6-3-7-11-15/h2-12,18-20H,13H2,1H3/t18-,19?/m1/s1. The highest BCUT2D eigenvalue weighted by Crippen LogP contribution is 2.42. The quantitative estimate of drug-likeness (QED) is 0.384. The summed E-state index contributed by atoms with van der Waals surface area (Å²) >= 11 is 1.16. The largest absolute Gasteiger partial charge is 0.448 e. The maximum absolute atomic E-state index is 13.1. The number of β-lactam (4-membered cyclic amide) rings is 1. The van der Waals surface area contributed by atoms with Crippen LogP contribution in [0.25, 0.3) is 0 Å². The second kappa shape index (κ2) is 8.25. The number of hydrogen-bond donors (Lipinski definition) is 0. The molecule has 0 spiro atoms. The van der Waals surface area contributed by atoms with Crippen LogP contribution in [0.2, 0.25) is 0 Å². The van der Waals surface area contributed by atoms with Crippen molar-refractivity contribution in [1.82, 2.24) is 4.90 Å². The third-order valence-electron chi connectivity index (χ3n) is 4.66. The molecular weight excluding hydrogens is 426 g/mol. The number of nitrogens with zero attached hydrogens (tertiary/aromatic N) is 1. The fourth-order valence-electron chi connectivity index (χ4n) is 3.33. The average Bonchev–Trinajstić information content (AvgIpc) is 2.71. The fraction of sp³-hybridized carbons (Fsp3) is 0.238. The maximum Gasteiger partial charge on any atom is 0.355 e. The summed E-state index contributed by atoms with van der Waals surface area (Å²) in [5, 5.41) is -0.358. The van der Waals surface area contributed by atoms with Gasteiger partial charge < -0.3 is 4.74 Å². The van der Waals surface area contributed by atoms with Gasteiger partial charge in [0.1, 0.15) is 11.1 Å². The van der Waals surface area contributed by atoms with Crippen molar-refractivity contribution in [3.05, 3.63) is 83.6 Å². The van der Waals surface area contributed by atoms with Crippen molar-refractivity contribution in [2.75, 3.05) is 6.26 Å². The molecule has 2 atom stereocenters. The Bertz CT molecular complexity index is 1050. The number of esters is 1. The van der Waals surface area contributed by atoms with E-state index in [2.05, 4.69) is 0 Å². The fourth-order valence-corrected chi connectivity index (χ4v) is 5.45. The first-order valence-electron chi connectivity index (χ1n) is 9.20. The first kappa shape index (κ1) is 20.6. The van der Waals surface area contributed by atoms with E-state index >= 15 is 0 Å². The van der Waals surface area contributed by atoms with E-state index < -0.39 is 27.6 Å². The first-order chi connectivity index (χ1) is 14.3. The minimum absolute atomic E-state index is 0.000474. The van der Waals surface area contributed by atoms with Crippen molar-refractivity contribution < 1.29 is 26.9 Å². The van der Waals surface area contributed by atoms with Gasteiger partial charge in [0.15, 0.2) is 6.10 Å². The molecule has 0 saturated carbocycles. The Kier molecular flexibility index (Phi) is 5.68. The molecule has 1 saturated heterocycles. The molecule has 9 heteroatoms. The summed E-state index contributed by atoms with van der Waals surface area (Å²) < 4.78 is 33.9. The predicted octanol–water partition coefficient (Wildman–Crippen LogP) is 2.81. The first-order valence-corrected chi connectivity index (χ1v) is 12.0. The summed E-state index contributed by atoms with van der Waals surface area (Å²) in [6.45, 7) is 0. The predicted molar refractivity (Wildman–Crippen MR) is 111 cm³/mol. The van der Waals surface area contributed by atoms with Gasteiger partial charge in [0.05, 0.1) is 18.1 Å². The Balaban J connectivity index is 1.64. The zero-order valence-electron chi connectivity index (χ0n) is 16.0. The van der Waals surface area contributed by atoms with Crippen molar-refractivity contribution in [3.8, 4) is 0 Å². The van der Waals surface area contributed by atoms with Gasteiger partial charge in [-0.2, -0.15) is 8.42 Å². The van der Waals surface area contributed by atoms with Crippen molar-refractivity contribution in [3.63, 3.8) is 0 Å². The number of rotatable bonds is 6. The third kappa shape index (κ3) is 4.43. The monoisotopic (exact) mass is 445 g/mol. The molecule has 0 aromatic heterocycles. The molecule has 1 fully saturated rings. The highest BCUT2D eigenvalue weighted by molar-refractivity contribution is 8.01. The Hall–Kier alpha value is -2.62. The second-order valence-corrected chi connectivity index (χ2v) is 9.77. The van der Waals surface area contributed by atoms with E-state index in [0.29, 0.717) is 0 Å². The van der Waals surface area contributed by atoms with Crippen molar-refractivity contribution in [2.45, 2.75) is 23.3 Å². The third-order valence-corrected chi connectivity index (χ3v) is 6.53. The summed E-state index contributed by atoms with van der Waals surface area (Å²) in [6, 6.07) is 18.5. The molecule has 1 unspecified atom stereocenters. The Morgan fingerprint density at radius 2 is 1.63 bits per heavy atom. The van der Waals surface area contributed by atoms with Crippen LogP contribution in [0.1, 0.15) is 23.7 Å². The van der Waals surface area contributed by atoms with Gasteiger partial charge in [0.2, 0.25) is 5.91 Å². The number of amides is 1. The Morgan fingerprint density at radius 1 is 1.07 bits per heavy atom. The summed E-state index contributed by atoms with van der Waals surface area (Å²) in [6.07, 6.45) is 1.80. The summed E-state index contributed by atoms with van der Waals surface area (Å²) in [5.74, 6) is -0.933. The van der Waals surface area contributed by atoms with Crippen molar-refractivity contribution >= 4 is 33.8 Å². The zero-order chi connectivity index (χ0) is 21.3. The minimum Gasteiger partial charge on any atom is -0.448 e. The lowest BCUT2D eigenvalue weighted by molar-refractivity contribution is -0.151. The molecule has 1 amide bonds. The second-order valence-electron chi connectivity index (χ2n) is 6.89. The van der Waals surface area contributed by atoms with Gasteiger partial charge in [0.25, 0.3) is 10.1 Å². The number of carbonyl (C=O) groups excluding carboxylic acids is 2. The van der Waals surface area contributed by atoms with E-state index in [1.165, 1.54) is 11.0 Å². The van der Waals surface area contributed by atoms with Gasteiger partial charge in [0, 0.05) is 0 Å². The molecule has 4 rings (SSSR count). The van der Waals surface area contributed by atoms with Gasteiger partial charge in [-0.15, -0.1) is 0 Å². The van der Waals surface area contributed by atoms with Gasteiger partial charge >= 0.3 is 5.97 Å². The average molecular weight is 446 g/mol. The summed E-state index contributed by atoms with van der Waals surface area (Å²) in [5.41, 5.74) is 0.654. The highest BCUT2D eigenvalue weighted by Gasteiger charge is 2.47. The van der Waals surface area contributed by atoms with Crippen LogP contribution in [-0.4, -0.2) is 42.3 Å². The molecule has 2 aromatic carbocycles. The van der Waals surface area contributed by atoms with E-state index in [1.807, 2.05) is 60.7 Å². The molecule has 2 aliphatic heterocycles. The Labute approximate surface area is 178 Å². The Morgan fingerprint density at radius 3 is 2.13 bits per heavy atom. The summed E-state index contributed by atoms with van der Waals surface area (Å²) in [7, 11) is -3.73. The van der Waals surface area contributed by atoms with Crippen LogP contribution in [0.4, 0.5) is 0 Å². The maximum atomic E-state index is 13.1. The lowest BCUT2D eigenvalue weighted by atomic mass is 10.0. The SMILES string of the molecule is CS(=O)(=O)OC1C=C(C(=O)OC(c2ccccc2)c2ccccc2)N2C(=O)C[C@H]2S1. The molecule has 30 heavy (non-hydrogen) atoms. The van der Waals surface area contributed by atoms with E-state index in [9.17, 15) is 18.0 Å². The molecular formula is C21H19NO6S2. The van der Waals surface area contributed by atoms with Crippen LogP contribution in [-0.2, 0) is 28.6 Å². The number of benzene rings is 2. The smallest absolute Gasteiger partial charge is 0.355 e. The number of thioether (sulfide) groups is 1. The van der Waals surface area contributed by atoms with Crippen LogP contribution in [0.3, 0.4) is 0 Å². The molecule has 7 nitrogen and oxygen atoms in total. The van der Waals surface area contributed by atoms with Crippen molar-refractivity contribution in [2.24, 2.45) is 0 Å². The number of carbonyl (C=O) groups is 2.